The lowest BCUT2D eigenvalue weighted by Crippen LogP contribution is -2.15. The van der Waals surface area contributed by atoms with Gasteiger partial charge in [0.1, 0.15) is 0 Å². The van der Waals surface area contributed by atoms with E-state index in [-0.39, 0.29) is 5.58 Å². The minimum atomic E-state index is -0.579. The van der Waals surface area contributed by atoms with E-state index in [1.165, 1.54) is 10.6 Å². The lowest BCUT2D eigenvalue weighted by molar-refractivity contribution is 0.497. The van der Waals surface area contributed by atoms with Crippen molar-refractivity contribution in [3.05, 3.63) is 49.9 Å². The summed E-state index contributed by atoms with van der Waals surface area (Å²) < 4.78 is 22.6. The Kier molecular flexibility index (Phi) is 3.24. The molecule has 0 aliphatic heterocycles. The second-order valence-corrected chi connectivity index (χ2v) is 5.88. The molecule has 0 saturated heterocycles. The topological polar surface area (TPSA) is 53.0 Å². The number of aryl methyl sites for hydroxylation is 2. The van der Waals surface area contributed by atoms with Gasteiger partial charge in [-0.1, -0.05) is 15.9 Å². The first-order valence-corrected chi connectivity index (χ1v) is 7.15. The normalized spacial score (nSPS) is 11.5. The van der Waals surface area contributed by atoms with Crippen LogP contribution in [-0.4, -0.2) is 14.3 Å². The van der Waals surface area contributed by atoms with Crippen LogP contribution in [0.3, 0.4) is 0 Å². The van der Waals surface area contributed by atoms with Crippen LogP contribution in [0.15, 0.2) is 25.8 Å². The van der Waals surface area contributed by atoms with Gasteiger partial charge in [-0.15, -0.1) is 0 Å². The van der Waals surface area contributed by atoms with Gasteiger partial charge in [0.15, 0.2) is 11.4 Å². The number of benzene rings is 1. The molecule has 2 heterocycles. The number of fused-ring (bicyclic) bond motifs is 1. The van der Waals surface area contributed by atoms with Crippen LogP contribution in [0.4, 0.5) is 4.39 Å². The number of nitrogens with zero attached hydrogens (tertiary/aromatic N) is 3. The van der Waals surface area contributed by atoms with Crippen molar-refractivity contribution in [2.75, 3.05) is 0 Å². The molecule has 0 unspecified atom stereocenters. The van der Waals surface area contributed by atoms with Crippen molar-refractivity contribution in [3.8, 4) is 0 Å². The number of oxazole rings is 1. The quantitative estimate of drug-likeness (QED) is 0.711. The zero-order valence-corrected chi connectivity index (χ0v) is 13.4. The number of hydrogen-bond acceptors (Lipinski definition) is 3. The summed E-state index contributed by atoms with van der Waals surface area (Å²) in [6.07, 6.45) is 0. The fourth-order valence-electron chi connectivity index (χ4n) is 2.44. The summed E-state index contributed by atoms with van der Waals surface area (Å²) in [6.45, 7) is 4.11. The maximum absolute atomic E-state index is 13.8. The Morgan fingerprint density at radius 1 is 1.38 bits per heavy atom. The summed E-state index contributed by atoms with van der Waals surface area (Å²) >= 11 is 3.23. The maximum atomic E-state index is 13.8. The van der Waals surface area contributed by atoms with Crippen LogP contribution in [-0.2, 0) is 13.6 Å². The summed E-state index contributed by atoms with van der Waals surface area (Å²) in [5.41, 5.74) is 3.13. The van der Waals surface area contributed by atoms with Crippen molar-refractivity contribution in [2.24, 2.45) is 7.05 Å². The minimum Gasteiger partial charge on any atom is -0.405 e. The zero-order valence-electron chi connectivity index (χ0n) is 11.8. The molecule has 0 saturated carbocycles. The number of halogens is 2. The average molecular weight is 354 g/mol. The van der Waals surface area contributed by atoms with Crippen molar-refractivity contribution in [1.82, 2.24) is 14.3 Å². The van der Waals surface area contributed by atoms with E-state index >= 15 is 0 Å². The van der Waals surface area contributed by atoms with E-state index < -0.39 is 11.6 Å². The Balaban J connectivity index is 2.21. The van der Waals surface area contributed by atoms with Crippen molar-refractivity contribution >= 4 is 27.0 Å². The molecule has 0 aliphatic rings. The molecule has 0 bridgehead atoms. The zero-order chi connectivity index (χ0) is 15.3. The van der Waals surface area contributed by atoms with E-state index in [4.69, 9.17) is 4.42 Å². The summed E-state index contributed by atoms with van der Waals surface area (Å²) in [6, 6.07) is 2.94. The van der Waals surface area contributed by atoms with E-state index in [0.717, 1.165) is 17.0 Å². The Labute approximate surface area is 128 Å². The molecule has 1 aromatic carbocycles. The highest BCUT2D eigenvalue weighted by atomic mass is 79.9. The number of aromatic nitrogens is 3. The molecule has 5 nitrogen and oxygen atoms in total. The smallest absolute Gasteiger partial charge is 0.405 e. The molecule has 0 radical (unpaired) electrons. The molecule has 2 aromatic heterocycles. The van der Waals surface area contributed by atoms with Crippen LogP contribution in [0.2, 0.25) is 0 Å². The largest absolute Gasteiger partial charge is 0.420 e. The number of rotatable bonds is 2. The molecule has 0 atom stereocenters. The third-order valence-electron chi connectivity index (χ3n) is 3.66. The van der Waals surface area contributed by atoms with Crippen molar-refractivity contribution in [2.45, 2.75) is 20.4 Å². The SMILES string of the molecule is Cc1nn(C)c(C)c1Cn1c(=O)oc2c(F)cc(Br)cc21. The molecule has 3 aromatic rings. The average Bonchev–Trinajstić information content (AvgIpc) is 2.83. The standard InChI is InChI=1S/C14H13BrFN3O2/c1-7-10(8(2)18(3)17-7)6-19-12-5-9(15)4-11(16)13(12)21-14(19)20/h4-5H,6H2,1-3H3. The predicted molar refractivity (Wildman–Crippen MR) is 79.9 cm³/mol. The molecular weight excluding hydrogens is 341 g/mol. The van der Waals surface area contributed by atoms with Gasteiger partial charge in [-0.05, 0) is 26.0 Å². The van der Waals surface area contributed by atoms with Crippen molar-refractivity contribution in [1.29, 1.82) is 0 Å². The summed E-state index contributed by atoms with van der Waals surface area (Å²) in [5, 5.41) is 4.32. The molecular formula is C14H13BrFN3O2. The molecule has 110 valence electrons. The molecule has 0 fully saturated rings. The Morgan fingerprint density at radius 2 is 2.10 bits per heavy atom. The third-order valence-corrected chi connectivity index (χ3v) is 4.12. The first-order chi connectivity index (χ1) is 9.88. The van der Waals surface area contributed by atoms with Crippen molar-refractivity contribution in [3.63, 3.8) is 0 Å². The van der Waals surface area contributed by atoms with Crippen molar-refractivity contribution < 1.29 is 8.81 Å². The summed E-state index contributed by atoms with van der Waals surface area (Å²) in [5.74, 6) is -1.14. The Hall–Kier alpha value is -1.89. The molecule has 0 aliphatic carbocycles. The van der Waals surface area contributed by atoms with E-state index in [1.54, 1.807) is 10.7 Å². The van der Waals surface area contributed by atoms with Gasteiger partial charge in [-0.3, -0.25) is 9.25 Å². The van der Waals surface area contributed by atoms with Crippen LogP contribution in [0, 0.1) is 19.7 Å². The maximum Gasteiger partial charge on any atom is 0.420 e. The van der Waals surface area contributed by atoms with Crippen LogP contribution >= 0.6 is 15.9 Å². The Bertz CT molecular complexity index is 907. The van der Waals surface area contributed by atoms with Gasteiger partial charge in [0.25, 0.3) is 0 Å². The van der Waals surface area contributed by atoms with Gasteiger partial charge in [0.05, 0.1) is 17.8 Å². The molecule has 0 amide bonds. The fourth-order valence-corrected chi connectivity index (χ4v) is 2.86. The predicted octanol–water partition coefficient (Wildman–Crippen LogP) is 2.89. The van der Waals surface area contributed by atoms with Gasteiger partial charge in [0, 0.05) is 22.8 Å². The highest BCUT2D eigenvalue weighted by molar-refractivity contribution is 9.10. The van der Waals surface area contributed by atoms with Crippen LogP contribution in [0.1, 0.15) is 17.0 Å². The first-order valence-electron chi connectivity index (χ1n) is 6.36. The monoisotopic (exact) mass is 353 g/mol. The van der Waals surface area contributed by atoms with Gasteiger partial charge in [-0.25, -0.2) is 9.18 Å². The first kappa shape index (κ1) is 14.1. The van der Waals surface area contributed by atoms with Crippen LogP contribution in [0.25, 0.3) is 11.1 Å². The van der Waals surface area contributed by atoms with E-state index in [0.29, 0.717) is 16.5 Å². The van der Waals surface area contributed by atoms with Gasteiger partial charge >= 0.3 is 5.76 Å². The molecule has 0 spiro atoms. The van der Waals surface area contributed by atoms with E-state index in [1.807, 2.05) is 20.9 Å². The lowest BCUT2D eigenvalue weighted by Gasteiger charge is -2.04. The second kappa shape index (κ2) is 4.84. The molecule has 7 heteroatoms. The van der Waals surface area contributed by atoms with Crippen LogP contribution in [0.5, 0.6) is 0 Å². The highest BCUT2D eigenvalue weighted by Gasteiger charge is 2.17. The lowest BCUT2D eigenvalue weighted by atomic mass is 10.2. The van der Waals surface area contributed by atoms with Crippen LogP contribution < -0.4 is 5.76 Å². The van der Waals surface area contributed by atoms with E-state index in [2.05, 4.69) is 21.0 Å². The summed E-state index contributed by atoms with van der Waals surface area (Å²) in [4.78, 5) is 12.0. The Morgan fingerprint density at radius 3 is 2.71 bits per heavy atom. The molecule has 21 heavy (non-hydrogen) atoms. The van der Waals surface area contributed by atoms with E-state index in [9.17, 15) is 9.18 Å². The molecule has 3 rings (SSSR count). The second-order valence-electron chi connectivity index (χ2n) is 4.96. The highest BCUT2D eigenvalue weighted by Crippen LogP contribution is 2.24. The van der Waals surface area contributed by atoms with Gasteiger partial charge in [-0.2, -0.15) is 5.10 Å². The fraction of sp³-hybridized carbons (Fsp3) is 0.286. The third kappa shape index (κ3) is 2.21. The number of hydrogen-bond donors (Lipinski definition) is 0. The molecule has 0 N–H and O–H groups in total. The minimum absolute atomic E-state index is 0.0256. The summed E-state index contributed by atoms with van der Waals surface area (Å²) in [7, 11) is 1.85. The van der Waals surface area contributed by atoms with Gasteiger partial charge < -0.3 is 4.42 Å². The van der Waals surface area contributed by atoms with Gasteiger partial charge in [0.2, 0.25) is 0 Å².